The van der Waals surface area contributed by atoms with Gasteiger partial charge in [0.2, 0.25) is 5.91 Å². The zero-order valence-corrected chi connectivity index (χ0v) is 15.7. The van der Waals surface area contributed by atoms with Crippen LogP contribution in [0.5, 0.6) is 0 Å². The number of benzene rings is 2. The molecule has 0 unspecified atom stereocenters. The topological polar surface area (TPSA) is 64.0 Å². The molecule has 0 radical (unpaired) electrons. The Morgan fingerprint density at radius 2 is 1.85 bits per heavy atom. The molecule has 2 heterocycles. The Morgan fingerprint density at radius 1 is 1.11 bits per heavy atom. The van der Waals surface area contributed by atoms with Gasteiger partial charge in [0.05, 0.1) is 22.9 Å². The number of para-hydroxylation sites is 1. The van der Waals surface area contributed by atoms with Crippen LogP contribution in [0.1, 0.15) is 22.4 Å². The Kier molecular flexibility index (Phi) is 4.73. The maximum absolute atomic E-state index is 12.5. The number of hydrogen-bond acceptors (Lipinski definition) is 3. The van der Waals surface area contributed by atoms with Gasteiger partial charge in [0.15, 0.2) is 0 Å². The summed E-state index contributed by atoms with van der Waals surface area (Å²) in [5.74, 6) is 1.21. The first-order chi connectivity index (χ1) is 13.1. The van der Waals surface area contributed by atoms with Crippen LogP contribution in [0.2, 0.25) is 0 Å². The molecule has 27 heavy (non-hydrogen) atoms. The van der Waals surface area contributed by atoms with Crippen LogP contribution >= 0.6 is 0 Å². The number of fused-ring (bicyclic) bond motifs is 1. The average Bonchev–Trinajstić information content (AvgIpc) is 3.18. The van der Waals surface area contributed by atoms with E-state index in [0.717, 1.165) is 28.1 Å². The van der Waals surface area contributed by atoms with Gasteiger partial charge in [-0.25, -0.2) is 4.68 Å². The van der Waals surface area contributed by atoms with E-state index in [2.05, 4.69) is 10.4 Å². The molecule has 4 rings (SSSR count). The Morgan fingerprint density at radius 3 is 2.63 bits per heavy atom. The molecular weight excluding hydrogens is 358 g/mol. The third-order valence-electron chi connectivity index (χ3n) is 4.48. The molecule has 1 aromatic heterocycles. The molecule has 1 amide bonds. The second-order valence-electron chi connectivity index (χ2n) is 6.43. The molecule has 2 aromatic carbocycles. The minimum absolute atomic E-state index is 0.242. The molecule has 0 fully saturated rings. The number of anilines is 1. The van der Waals surface area contributed by atoms with Gasteiger partial charge in [-0.1, -0.05) is 48.5 Å². The number of rotatable bonds is 4. The van der Waals surface area contributed by atoms with E-state index < -0.39 is 10.8 Å². The number of aromatic nitrogens is 2. The van der Waals surface area contributed by atoms with E-state index in [9.17, 15) is 9.00 Å². The monoisotopic (exact) mass is 377 g/mol. The van der Waals surface area contributed by atoms with Crippen LogP contribution in [-0.2, 0) is 27.1 Å². The average molecular weight is 377 g/mol. The molecule has 1 aliphatic rings. The highest BCUT2D eigenvalue weighted by Gasteiger charge is 2.28. The molecule has 0 aliphatic carbocycles. The van der Waals surface area contributed by atoms with Gasteiger partial charge in [0.25, 0.3) is 0 Å². The summed E-state index contributed by atoms with van der Waals surface area (Å²) in [5, 5.41) is 7.58. The standard InChI is InChI=1S/C21H19N3O2S/c1-15-7-5-6-10-19(15)24-21(17-13-27(26)14-18(17)23-24)22-20(25)12-11-16-8-3-2-4-9-16/h2-12H,13-14H2,1H3,(H,22,25)/t27-/m1/s1. The van der Waals surface area contributed by atoms with Gasteiger partial charge in [-0.2, -0.15) is 5.10 Å². The summed E-state index contributed by atoms with van der Waals surface area (Å²) in [6.07, 6.45) is 3.27. The molecule has 0 spiro atoms. The van der Waals surface area contributed by atoms with Crippen molar-refractivity contribution in [3.63, 3.8) is 0 Å². The van der Waals surface area contributed by atoms with Crippen LogP contribution in [0.25, 0.3) is 11.8 Å². The maximum Gasteiger partial charge on any atom is 0.249 e. The first-order valence-corrected chi connectivity index (χ1v) is 10.2. The molecule has 0 saturated heterocycles. The Balaban J connectivity index is 1.67. The van der Waals surface area contributed by atoms with E-state index >= 15 is 0 Å². The fourth-order valence-electron chi connectivity index (χ4n) is 3.13. The number of carbonyl (C=O) groups excluding carboxylic acids is 1. The minimum Gasteiger partial charge on any atom is -0.307 e. The van der Waals surface area contributed by atoms with Gasteiger partial charge in [-0.3, -0.25) is 9.00 Å². The molecule has 0 bridgehead atoms. The van der Waals surface area contributed by atoms with Crippen molar-refractivity contribution in [3.05, 3.63) is 83.1 Å². The number of hydrogen-bond donors (Lipinski definition) is 1. The van der Waals surface area contributed by atoms with Crippen molar-refractivity contribution in [1.29, 1.82) is 0 Å². The molecule has 1 N–H and O–H groups in total. The largest absolute Gasteiger partial charge is 0.307 e. The second-order valence-corrected chi connectivity index (χ2v) is 7.89. The molecule has 136 valence electrons. The highest BCUT2D eigenvalue weighted by Crippen LogP contribution is 2.32. The van der Waals surface area contributed by atoms with E-state index in [-0.39, 0.29) is 5.91 Å². The fraction of sp³-hybridized carbons (Fsp3) is 0.143. The molecule has 6 heteroatoms. The van der Waals surface area contributed by atoms with Gasteiger partial charge in [-0.05, 0) is 30.2 Å². The summed E-state index contributed by atoms with van der Waals surface area (Å²) in [4.78, 5) is 12.5. The fourth-order valence-corrected chi connectivity index (χ4v) is 4.39. The SMILES string of the molecule is Cc1ccccc1-n1nc2c(c1NC(=O)C=Cc1ccccc1)C[S@@](=O)C2. The first-order valence-electron chi connectivity index (χ1n) is 8.67. The van der Waals surface area contributed by atoms with Crippen LogP contribution in [0.3, 0.4) is 0 Å². The van der Waals surface area contributed by atoms with Gasteiger partial charge in [0.1, 0.15) is 5.82 Å². The lowest BCUT2D eigenvalue weighted by molar-refractivity contribution is -0.111. The van der Waals surface area contributed by atoms with Crippen LogP contribution in [0.4, 0.5) is 5.82 Å². The molecule has 5 nitrogen and oxygen atoms in total. The number of amides is 1. The van der Waals surface area contributed by atoms with Gasteiger partial charge in [-0.15, -0.1) is 0 Å². The van der Waals surface area contributed by atoms with Crippen molar-refractivity contribution in [2.24, 2.45) is 0 Å². The summed E-state index contributed by atoms with van der Waals surface area (Å²) in [7, 11) is -0.962. The van der Waals surface area contributed by atoms with E-state index in [1.807, 2.05) is 61.5 Å². The Labute approximate surface area is 160 Å². The number of nitrogens with zero attached hydrogens (tertiary/aromatic N) is 2. The van der Waals surface area contributed by atoms with Crippen molar-refractivity contribution in [3.8, 4) is 5.69 Å². The van der Waals surface area contributed by atoms with Crippen LogP contribution in [0.15, 0.2) is 60.7 Å². The molecule has 3 aromatic rings. The van der Waals surface area contributed by atoms with E-state index in [4.69, 9.17) is 0 Å². The highest BCUT2D eigenvalue weighted by molar-refractivity contribution is 7.83. The normalized spacial score (nSPS) is 15.8. The van der Waals surface area contributed by atoms with E-state index in [0.29, 0.717) is 17.3 Å². The lowest BCUT2D eigenvalue weighted by Gasteiger charge is -2.12. The first kappa shape index (κ1) is 17.4. The van der Waals surface area contributed by atoms with Crippen LogP contribution < -0.4 is 5.32 Å². The highest BCUT2D eigenvalue weighted by atomic mass is 32.2. The Hall–Kier alpha value is -2.99. The zero-order valence-electron chi connectivity index (χ0n) is 14.9. The maximum atomic E-state index is 12.5. The lowest BCUT2D eigenvalue weighted by Crippen LogP contribution is -2.14. The quantitative estimate of drug-likeness (QED) is 0.707. The number of nitrogens with one attached hydrogen (secondary N) is 1. The summed E-state index contributed by atoms with van der Waals surface area (Å²) < 4.78 is 13.7. The lowest BCUT2D eigenvalue weighted by atomic mass is 10.2. The number of aryl methyl sites for hydroxylation is 1. The van der Waals surface area contributed by atoms with Crippen molar-refractivity contribution in [1.82, 2.24) is 9.78 Å². The predicted octanol–water partition coefficient (Wildman–Crippen LogP) is 3.59. The molecule has 0 saturated carbocycles. The second kappa shape index (κ2) is 7.32. The third kappa shape index (κ3) is 3.61. The van der Waals surface area contributed by atoms with Crippen molar-refractivity contribution in [2.45, 2.75) is 18.4 Å². The van der Waals surface area contributed by atoms with Crippen molar-refractivity contribution >= 4 is 28.6 Å². The summed E-state index contributed by atoms with van der Waals surface area (Å²) in [6, 6.07) is 17.5. The third-order valence-corrected chi connectivity index (χ3v) is 5.69. The van der Waals surface area contributed by atoms with E-state index in [1.54, 1.807) is 10.8 Å². The van der Waals surface area contributed by atoms with Gasteiger partial charge < -0.3 is 5.32 Å². The summed E-state index contributed by atoms with van der Waals surface area (Å²) in [5.41, 5.74) is 4.55. The van der Waals surface area contributed by atoms with Crippen molar-refractivity contribution in [2.75, 3.05) is 5.32 Å². The van der Waals surface area contributed by atoms with Crippen LogP contribution in [-0.4, -0.2) is 19.9 Å². The minimum atomic E-state index is -0.962. The van der Waals surface area contributed by atoms with Gasteiger partial charge >= 0.3 is 0 Å². The molecule has 1 aliphatic heterocycles. The smallest absolute Gasteiger partial charge is 0.249 e. The van der Waals surface area contributed by atoms with Gasteiger partial charge in [0, 0.05) is 22.4 Å². The van der Waals surface area contributed by atoms with E-state index in [1.165, 1.54) is 6.08 Å². The Bertz CT molecular complexity index is 1050. The predicted molar refractivity (Wildman–Crippen MR) is 108 cm³/mol. The number of carbonyl (C=O) groups is 1. The van der Waals surface area contributed by atoms with Crippen LogP contribution in [0, 0.1) is 6.92 Å². The molecule has 1 atom stereocenters. The summed E-state index contributed by atoms with van der Waals surface area (Å²) >= 11 is 0. The zero-order chi connectivity index (χ0) is 18.8. The summed E-state index contributed by atoms with van der Waals surface area (Å²) in [6.45, 7) is 2.00. The molecular formula is C21H19N3O2S. The van der Waals surface area contributed by atoms with Crippen molar-refractivity contribution < 1.29 is 9.00 Å².